The molecule has 0 unspecified atom stereocenters. The maximum absolute atomic E-state index is 5.74. The molecule has 0 amide bonds. The third-order valence-corrected chi connectivity index (χ3v) is 4.85. The molecule has 1 saturated heterocycles. The Balaban J connectivity index is 1.78. The third kappa shape index (κ3) is 2.78. The van der Waals surface area contributed by atoms with Crippen molar-refractivity contribution in [2.45, 2.75) is 57.9 Å². The Morgan fingerprint density at radius 2 is 1.75 bits per heavy atom. The maximum Gasteiger partial charge on any atom is 0.0153 e. The van der Waals surface area contributed by atoms with E-state index in [0.29, 0.717) is 5.54 Å². The van der Waals surface area contributed by atoms with Gasteiger partial charge in [0.2, 0.25) is 0 Å². The van der Waals surface area contributed by atoms with Gasteiger partial charge >= 0.3 is 0 Å². The molecule has 0 aromatic carbocycles. The minimum atomic E-state index is 0.463. The molecule has 1 saturated carbocycles. The van der Waals surface area contributed by atoms with Crippen molar-refractivity contribution in [2.24, 2.45) is 17.6 Å². The van der Waals surface area contributed by atoms with Gasteiger partial charge in [-0.3, -0.25) is 4.90 Å². The number of rotatable bonds is 3. The summed E-state index contributed by atoms with van der Waals surface area (Å²) in [7, 11) is 0. The summed E-state index contributed by atoms with van der Waals surface area (Å²) in [5.74, 6) is 1.77. The lowest BCUT2D eigenvalue weighted by Gasteiger charge is -2.37. The van der Waals surface area contributed by atoms with Gasteiger partial charge in [0.15, 0.2) is 0 Å². The highest BCUT2D eigenvalue weighted by Crippen LogP contribution is 2.33. The van der Waals surface area contributed by atoms with Gasteiger partial charge in [0.25, 0.3) is 0 Å². The Morgan fingerprint density at radius 1 is 1.12 bits per heavy atom. The first-order valence-electron chi connectivity index (χ1n) is 7.07. The molecule has 2 aliphatic rings. The largest absolute Gasteiger partial charge is 0.330 e. The van der Waals surface area contributed by atoms with Crippen LogP contribution < -0.4 is 5.73 Å². The summed E-state index contributed by atoms with van der Waals surface area (Å²) < 4.78 is 0. The van der Waals surface area contributed by atoms with Crippen molar-refractivity contribution in [1.29, 1.82) is 0 Å². The van der Waals surface area contributed by atoms with Gasteiger partial charge in [-0.05, 0) is 77.3 Å². The summed E-state index contributed by atoms with van der Waals surface area (Å²) >= 11 is 0. The fourth-order valence-corrected chi connectivity index (χ4v) is 3.46. The fraction of sp³-hybridized carbons (Fsp3) is 1.00. The van der Waals surface area contributed by atoms with E-state index < -0.39 is 0 Å². The van der Waals surface area contributed by atoms with E-state index in [1.165, 1.54) is 51.6 Å². The van der Waals surface area contributed by atoms with Gasteiger partial charge in [-0.1, -0.05) is 0 Å². The molecule has 2 rings (SSSR count). The van der Waals surface area contributed by atoms with Crippen molar-refractivity contribution >= 4 is 0 Å². The number of nitrogens with two attached hydrogens (primary N) is 1. The summed E-state index contributed by atoms with van der Waals surface area (Å²) in [6, 6.07) is 0. The van der Waals surface area contributed by atoms with Crippen molar-refractivity contribution < 1.29 is 0 Å². The first-order valence-corrected chi connectivity index (χ1v) is 7.07. The van der Waals surface area contributed by atoms with E-state index >= 15 is 0 Å². The highest BCUT2D eigenvalue weighted by molar-refractivity contribution is 4.89. The van der Waals surface area contributed by atoms with Gasteiger partial charge in [-0.15, -0.1) is 0 Å². The van der Waals surface area contributed by atoms with Crippen LogP contribution in [-0.4, -0.2) is 30.1 Å². The Morgan fingerprint density at radius 3 is 2.25 bits per heavy atom. The Labute approximate surface area is 101 Å². The molecule has 0 radical (unpaired) electrons. The van der Waals surface area contributed by atoms with Crippen LogP contribution in [0.1, 0.15) is 52.4 Å². The highest BCUT2D eigenvalue weighted by Gasteiger charge is 2.33. The molecule has 0 spiro atoms. The molecule has 1 heterocycles. The summed E-state index contributed by atoms with van der Waals surface area (Å²) in [4.78, 5) is 2.72. The summed E-state index contributed by atoms with van der Waals surface area (Å²) in [5, 5.41) is 0. The number of hydrogen-bond donors (Lipinski definition) is 1. The molecular weight excluding hydrogens is 196 g/mol. The minimum absolute atomic E-state index is 0.463. The smallest absolute Gasteiger partial charge is 0.0153 e. The van der Waals surface area contributed by atoms with E-state index in [2.05, 4.69) is 18.7 Å². The molecule has 2 heteroatoms. The quantitative estimate of drug-likeness (QED) is 0.798. The Hall–Kier alpha value is -0.0800. The van der Waals surface area contributed by atoms with Crippen molar-refractivity contribution in [3.63, 3.8) is 0 Å². The molecule has 0 aromatic rings. The van der Waals surface area contributed by atoms with E-state index in [4.69, 9.17) is 5.73 Å². The van der Waals surface area contributed by atoms with Crippen LogP contribution in [0.2, 0.25) is 0 Å². The maximum atomic E-state index is 5.74. The first kappa shape index (κ1) is 12.4. The van der Waals surface area contributed by atoms with Crippen LogP contribution in [0.5, 0.6) is 0 Å². The molecule has 0 atom stereocenters. The third-order valence-electron chi connectivity index (χ3n) is 4.85. The summed E-state index contributed by atoms with van der Waals surface area (Å²) in [6.45, 7) is 8.38. The fourth-order valence-electron chi connectivity index (χ4n) is 3.46. The topological polar surface area (TPSA) is 29.3 Å². The van der Waals surface area contributed by atoms with E-state index in [-0.39, 0.29) is 0 Å². The highest BCUT2D eigenvalue weighted by atomic mass is 15.2. The van der Waals surface area contributed by atoms with Crippen LogP contribution >= 0.6 is 0 Å². The lowest BCUT2D eigenvalue weighted by atomic mass is 9.81. The van der Waals surface area contributed by atoms with Gasteiger partial charge in [0.05, 0.1) is 0 Å². The zero-order chi connectivity index (χ0) is 11.6. The number of hydrogen-bond acceptors (Lipinski definition) is 2. The van der Waals surface area contributed by atoms with Gasteiger partial charge in [-0.25, -0.2) is 0 Å². The Bertz CT molecular complexity index is 217. The molecule has 0 bridgehead atoms. The molecule has 94 valence electrons. The van der Waals surface area contributed by atoms with Gasteiger partial charge < -0.3 is 5.73 Å². The van der Waals surface area contributed by atoms with E-state index in [1.807, 2.05) is 0 Å². The second-order valence-electron chi connectivity index (χ2n) is 6.48. The predicted molar refractivity (Wildman–Crippen MR) is 69.4 cm³/mol. The van der Waals surface area contributed by atoms with Gasteiger partial charge in [0.1, 0.15) is 0 Å². The van der Waals surface area contributed by atoms with Crippen LogP contribution in [0, 0.1) is 11.8 Å². The molecule has 16 heavy (non-hydrogen) atoms. The van der Waals surface area contributed by atoms with Gasteiger partial charge in [0, 0.05) is 12.1 Å². The molecule has 1 aliphatic carbocycles. The predicted octanol–water partition coefficient (Wildman–Crippen LogP) is 2.63. The average Bonchev–Trinajstić information content (AvgIpc) is 2.59. The summed E-state index contributed by atoms with van der Waals surface area (Å²) in [5.41, 5.74) is 6.21. The molecule has 0 aromatic heterocycles. The zero-order valence-corrected chi connectivity index (χ0v) is 11.0. The van der Waals surface area contributed by atoms with Crippen molar-refractivity contribution in [2.75, 3.05) is 19.6 Å². The van der Waals surface area contributed by atoms with E-state index in [0.717, 1.165) is 18.4 Å². The van der Waals surface area contributed by atoms with E-state index in [9.17, 15) is 0 Å². The van der Waals surface area contributed by atoms with Crippen LogP contribution in [-0.2, 0) is 0 Å². The van der Waals surface area contributed by atoms with Crippen molar-refractivity contribution in [3.05, 3.63) is 0 Å². The van der Waals surface area contributed by atoms with Crippen LogP contribution in [0.15, 0.2) is 0 Å². The van der Waals surface area contributed by atoms with Crippen molar-refractivity contribution in [1.82, 2.24) is 4.90 Å². The SMILES string of the molecule is CC1(C)CCCN1CC1CCC(CN)CC1. The second kappa shape index (κ2) is 5.05. The standard InChI is InChI=1S/C14H28N2/c1-14(2)8-3-9-16(14)11-13-6-4-12(10-15)5-7-13/h12-13H,3-11,15H2,1-2H3. The lowest BCUT2D eigenvalue weighted by Crippen LogP contribution is -2.42. The zero-order valence-electron chi connectivity index (χ0n) is 11.0. The van der Waals surface area contributed by atoms with Crippen LogP contribution in [0.25, 0.3) is 0 Å². The minimum Gasteiger partial charge on any atom is -0.330 e. The molecular formula is C14H28N2. The Kier molecular flexibility index (Phi) is 3.91. The number of likely N-dealkylation sites (tertiary alicyclic amines) is 1. The molecule has 2 fully saturated rings. The second-order valence-corrected chi connectivity index (χ2v) is 6.48. The van der Waals surface area contributed by atoms with Crippen molar-refractivity contribution in [3.8, 4) is 0 Å². The number of nitrogens with zero attached hydrogens (tertiary/aromatic N) is 1. The van der Waals surface area contributed by atoms with E-state index in [1.54, 1.807) is 0 Å². The van der Waals surface area contributed by atoms with Gasteiger partial charge in [-0.2, -0.15) is 0 Å². The normalized spacial score (nSPS) is 35.4. The van der Waals surface area contributed by atoms with Crippen LogP contribution in [0.3, 0.4) is 0 Å². The molecule has 1 aliphatic heterocycles. The molecule has 2 nitrogen and oxygen atoms in total. The average molecular weight is 224 g/mol. The first-order chi connectivity index (χ1) is 7.62. The lowest BCUT2D eigenvalue weighted by molar-refractivity contribution is 0.124. The monoisotopic (exact) mass is 224 g/mol. The molecule has 2 N–H and O–H groups in total. The summed E-state index contributed by atoms with van der Waals surface area (Å²) in [6.07, 6.45) is 8.34. The van der Waals surface area contributed by atoms with Crippen LogP contribution in [0.4, 0.5) is 0 Å².